The van der Waals surface area contributed by atoms with Crippen LogP contribution >= 0.6 is 15.9 Å². The number of hydrogen-bond donors (Lipinski definition) is 1. The van der Waals surface area contributed by atoms with Crippen molar-refractivity contribution in [3.63, 3.8) is 0 Å². The van der Waals surface area contributed by atoms with Crippen LogP contribution in [0.3, 0.4) is 0 Å². The summed E-state index contributed by atoms with van der Waals surface area (Å²) in [6, 6.07) is 16.2. The molecule has 2 aromatic carbocycles. The molecule has 0 bridgehead atoms. The Morgan fingerprint density at radius 1 is 1.06 bits per heavy atom. The van der Waals surface area contributed by atoms with Gasteiger partial charge in [-0.05, 0) is 36.8 Å². The topological polar surface area (TPSA) is 76.5 Å². The number of nitrogens with zero attached hydrogens (tertiary/aromatic N) is 3. The van der Waals surface area contributed by atoms with Crippen molar-refractivity contribution in [2.45, 2.75) is 13.0 Å². The summed E-state index contributed by atoms with van der Waals surface area (Å²) in [5.74, 6) is -0.475. The van der Waals surface area contributed by atoms with Crippen LogP contribution in [0.15, 0.2) is 65.3 Å². The van der Waals surface area contributed by atoms with Crippen LogP contribution < -0.4 is 5.32 Å². The lowest BCUT2D eigenvalue weighted by molar-refractivity contribution is -0.137. The van der Waals surface area contributed by atoms with E-state index < -0.39 is 6.04 Å². The molecule has 0 aliphatic carbocycles. The first-order valence-corrected chi connectivity index (χ1v) is 10.9. The summed E-state index contributed by atoms with van der Waals surface area (Å²) in [5, 5.41) is 7.31. The van der Waals surface area contributed by atoms with Gasteiger partial charge in [0.15, 0.2) is 0 Å². The Morgan fingerprint density at radius 3 is 2.42 bits per heavy atom. The first kappa shape index (κ1) is 21.3. The third-order valence-electron chi connectivity index (χ3n) is 5.30. The molecule has 3 aromatic rings. The molecule has 0 radical (unpaired) electrons. The van der Waals surface area contributed by atoms with Crippen LogP contribution in [0.1, 0.15) is 27.7 Å². The minimum atomic E-state index is -0.776. The highest BCUT2D eigenvalue weighted by Crippen LogP contribution is 2.20. The lowest BCUT2D eigenvalue weighted by atomic mass is 10.0. The highest BCUT2D eigenvalue weighted by atomic mass is 79.9. The normalized spacial score (nSPS) is 14.8. The lowest BCUT2D eigenvalue weighted by Crippen LogP contribution is -2.47. The van der Waals surface area contributed by atoms with Gasteiger partial charge in [-0.3, -0.25) is 9.59 Å². The Balaban J connectivity index is 1.59. The van der Waals surface area contributed by atoms with Gasteiger partial charge in [0.1, 0.15) is 6.04 Å². The fourth-order valence-corrected chi connectivity index (χ4v) is 3.85. The van der Waals surface area contributed by atoms with Gasteiger partial charge in [-0.15, -0.1) is 0 Å². The van der Waals surface area contributed by atoms with Crippen molar-refractivity contribution in [3.8, 4) is 5.69 Å². The zero-order valence-electron chi connectivity index (χ0n) is 17.1. The summed E-state index contributed by atoms with van der Waals surface area (Å²) < 4.78 is 8.03. The summed E-state index contributed by atoms with van der Waals surface area (Å²) in [6.45, 7) is 3.86. The summed E-state index contributed by atoms with van der Waals surface area (Å²) in [5.41, 5.74) is 2.72. The van der Waals surface area contributed by atoms with Gasteiger partial charge in [0.25, 0.3) is 5.91 Å². The molecule has 2 amide bonds. The molecule has 31 heavy (non-hydrogen) atoms. The molecule has 4 rings (SSSR count). The molecule has 0 saturated carbocycles. The third-order valence-corrected chi connectivity index (χ3v) is 5.83. The van der Waals surface area contributed by atoms with Crippen LogP contribution in [0.5, 0.6) is 0 Å². The van der Waals surface area contributed by atoms with Crippen LogP contribution in [-0.4, -0.2) is 52.8 Å². The maximum atomic E-state index is 13.2. The lowest BCUT2D eigenvalue weighted by Gasteiger charge is -2.31. The predicted octanol–water partition coefficient (Wildman–Crippen LogP) is 3.27. The summed E-state index contributed by atoms with van der Waals surface area (Å²) in [7, 11) is 0. The minimum Gasteiger partial charge on any atom is -0.378 e. The van der Waals surface area contributed by atoms with E-state index in [2.05, 4.69) is 26.3 Å². The average molecular weight is 483 g/mol. The van der Waals surface area contributed by atoms with Gasteiger partial charge >= 0.3 is 0 Å². The maximum absolute atomic E-state index is 13.2. The minimum absolute atomic E-state index is 0.138. The van der Waals surface area contributed by atoms with Crippen molar-refractivity contribution < 1.29 is 14.3 Å². The van der Waals surface area contributed by atoms with Gasteiger partial charge in [-0.1, -0.05) is 46.3 Å². The van der Waals surface area contributed by atoms with Gasteiger partial charge in [-0.25, -0.2) is 4.68 Å². The average Bonchev–Trinajstić information content (AvgIpc) is 3.20. The molecule has 1 aromatic heterocycles. The molecule has 2 heterocycles. The largest absolute Gasteiger partial charge is 0.378 e. The molecule has 1 saturated heterocycles. The van der Waals surface area contributed by atoms with E-state index in [4.69, 9.17) is 4.74 Å². The number of benzene rings is 2. The van der Waals surface area contributed by atoms with Crippen molar-refractivity contribution in [2.75, 3.05) is 26.3 Å². The number of hydrogen-bond acceptors (Lipinski definition) is 4. The van der Waals surface area contributed by atoms with Gasteiger partial charge < -0.3 is 15.0 Å². The van der Waals surface area contributed by atoms with Crippen molar-refractivity contribution in [1.82, 2.24) is 20.0 Å². The monoisotopic (exact) mass is 482 g/mol. The fraction of sp³-hybridized carbons (Fsp3) is 0.261. The van der Waals surface area contributed by atoms with Crippen molar-refractivity contribution in [3.05, 3.63) is 82.1 Å². The number of nitrogens with one attached hydrogen (secondary N) is 1. The van der Waals surface area contributed by atoms with Gasteiger partial charge in [0, 0.05) is 17.6 Å². The molecule has 1 aliphatic heterocycles. The van der Waals surface area contributed by atoms with Crippen molar-refractivity contribution in [2.24, 2.45) is 0 Å². The van der Waals surface area contributed by atoms with E-state index in [0.717, 1.165) is 15.7 Å². The molecule has 7 nitrogen and oxygen atoms in total. The Kier molecular flexibility index (Phi) is 6.48. The van der Waals surface area contributed by atoms with Gasteiger partial charge in [0.2, 0.25) is 5.91 Å². The number of rotatable bonds is 5. The van der Waals surface area contributed by atoms with E-state index in [0.29, 0.717) is 37.6 Å². The summed E-state index contributed by atoms with van der Waals surface area (Å²) >= 11 is 3.42. The highest BCUT2D eigenvalue weighted by molar-refractivity contribution is 9.10. The number of carbonyl (C=O) groups excluding carboxylic acids is 2. The standard InChI is InChI=1S/C23H23BrN4O3/c1-16-20(15-25-28(16)19-9-7-18(24)8-10-19)22(29)26-21(17-5-3-2-4-6-17)23(30)27-11-13-31-14-12-27/h2-10,15,21H,11-14H2,1H3,(H,26,29)/t21-/m0/s1. The van der Waals surface area contributed by atoms with Crippen LogP contribution in [-0.2, 0) is 9.53 Å². The number of ether oxygens (including phenoxy) is 1. The summed E-state index contributed by atoms with van der Waals surface area (Å²) in [4.78, 5) is 28.1. The highest BCUT2D eigenvalue weighted by Gasteiger charge is 2.29. The number of halogens is 1. The molecule has 0 unspecified atom stereocenters. The molecule has 0 spiro atoms. The molecular weight excluding hydrogens is 460 g/mol. The number of amides is 2. The van der Waals surface area contributed by atoms with Gasteiger partial charge in [0.05, 0.1) is 36.4 Å². The third kappa shape index (κ3) is 4.70. The van der Waals surface area contributed by atoms with E-state index in [9.17, 15) is 9.59 Å². The van der Waals surface area contributed by atoms with Gasteiger partial charge in [-0.2, -0.15) is 5.10 Å². The van der Waals surface area contributed by atoms with E-state index >= 15 is 0 Å². The van der Waals surface area contributed by atoms with Crippen molar-refractivity contribution >= 4 is 27.7 Å². The fourth-order valence-electron chi connectivity index (χ4n) is 3.58. The van der Waals surface area contributed by atoms with Crippen LogP contribution in [0.25, 0.3) is 5.69 Å². The van der Waals surface area contributed by atoms with E-state index in [-0.39, 0.29) is 11.8 Å². The predicted molar refractivity (Wildman–Crippen MR) is 120 cm³/mol. The molecular formula is C23H23BrN4O3. The first-order valence-electron chi connectivity index (χ1n) is 10.1. The first-order chi connectivity index (χ1) is 15.0. The molecule has 1 aliphatic rings. The van der Waals surface area contributed by atoms with E-state index in [1.54, 1.807) is 9.58 Å². The second-order valence-corrected chi connectivity index (χ2v) is 8.20. The van der Waals surface area contributed by atoms with Crippen molar-refractivity contribution in [1.29, 1.82) is 0 Å². The molecule has 8 heteroatoms. The second-order valence-electron chi connectivity index (χ2n) is 7.29. The smallest absolute Gasteiger partial charge is 0.255 e. The Bertz CT molecular complexity index is 1060. The maximum Gasteiger partial charge on any atom is 0.255 e. The summed E-state index contributed by atoms with van der Waals surface area (Å²) in [6.07, 6.45) is 1.54. The van der Waals surface area contributed by atoms with E-state index in [1.807, 2.05) is 61.5 Å². The Hall–Kier alpha value is -2.97. The zero-order valence-corrected chi connectivity index (χ0v) is 18.7. The SMILES string of the molecule is Cc1c(C(=O)N[C@H](C(=O)N2CCOCC2)c2ccccc2)cnn1-c1ccc(Br)cc1. The number of aromatic nitrogens is 2. The Labute approximate surface area is 189 Å². The van der Waals surface area contributed by atoms with Crippen LogP contribution in [0, 0.1) is 6.92 Å². The second kappa shape index (κ2) is 9.45. The Morgan fingerprint density at radius 2 is 1.74 bits per heavy atom. The molecule has 1 atom stereocenters. The zero-order chi connectivity index (χ0) is 21.8. The van der Waals surface area contributed by atoms with Crippen LogP contribution in [0.4, 0.5) is 0 Å². The molecule has 1 fully saturated rings. The number of morpholine rings is 1. The quantitative estimate of drug-likeness (QED) is 0.605. The molecule has 1 N–H and O–H groups in total. The molecule has 160 valence electrons. The number of carbonyl (C=O) groups is 2. The van der Waals surface area contributed by atoms with Crippen LogP contribution in [0.2, 0.25) is 0 Å². The van der Waals surface area contributed by atoms with E-state index in [1.165, 1.54) is 6.20 Å².